The van der Waals surface area contributed by atoms with Crippen LogP contribution in [0.25, 0.3) is 33.0 Å². The first kappa shape index (κ1) is 17.0. The molecule has 0 spiro atoms. The Labute approximate surface area is 156 Å². The first-order chi connectivity index (χ1) is 13.1. The molecule has 27 heavy (non-hydrogen) atoms. The van der Waals surface area contributed by atoms with Crippen LogP contribution in [0.3, 0.4) is 0 Å². The topological polar surface area (TPSA) is 121 Å². The van der Waals surface area contributed by atoms with Crippen LogP contribution in [0.2, 0.25) is 0 Å². The molecule has 0 radical (unpaired) electrons. The molecule has 8 nitrogen and oxygen atoms in total. The lowest BCUT2D eigenvalue weighted by molar-refractivity contribution is 0.0702. The molecule has 4 aromatic rings. The van der Waals surface area contributed by atoms with E-state index >= 15 is 0 Å². The van der Waals surface area contributed by atoms with Crippen molar-refractivity contribution in [2.75, 3.05) is 6.61 Å². The fraction of sp³-hybridized carbons (Fsp3) is 0.111. The van der Waals surface area contributed by atoms with E-state index in [0.717, 1.165) is 10.4 Å². The quantitative estimate of drug-likeness (QED) is 0.488. The molecule has 4 rings (SSSR count). The second-order valence-corrected chi connectivity index (χ2v) is 6.71. The minimum absolute atomic E-state index is 0.244. The standard InChI is InChI=1S/C18H14N4O4S/c1-2-26-11-7-9(12-5-6-13(27-12)18(24)25)3-4-10(11)15-21-16-14(17(23)22-15)19-8-20-16/h3-8H,2H2,1H3,(H,24,25)(H2,19,20,21,22,23). The summed E-state index contributed by atoms with van der Waals surface area (Å²) in [6, 6.07) is 8.78. The van der Waals surface area contributed by atoms with Crippen molar-refractivity contribution >= 4 is 28.5 Å². The second-order valence-electron chi connectivity index (χ2n) is 5.63. The molecule has 9 heteroatoms. The molecule has 0 aliphatic heterocycles. The largest absolute Gasteiger partial charge is 0.493 e. The maximum absolute atomic E-state index is 12.2. The summed E-state index contributed by atoms with van der Waals surface area (Å²) < 4.78 is 5.74. The average molecular weight is 382 g/mol. The van der Waals surface area contributed by atoms with Crippen LogP contribution in [0.5, 0.6) is 5.75 Å². The summed E-state index contributed by atoms with van der Waals surface area (Å²) >= 11 is 1.19. The van der Waals surface area contributed by atoms with Gasteiger partial charge >= 0.3 is 5.97 Å². The van der Waals surface area contributed by atoms with Gasteiger partial charge < -0.3 is 19.8 Å². The number of carboxylic acids is 1. The van der Waals surface area contributed by atoms with Crippen molar-refractivity contribution in [2.45, 2.75) is 6.92 Å². The van der Waals surface area contributed by atoms with Crippen LogP contribution in [0.4, 0.5) is 0 Å². The fourth-order valence-electron chi connectivity index (χ4n) is 2.73. The van der Waals surface area contributed by atoms with Crippen LogP contribution < -0.4 is 10.3 Å². The number of carboxylic acid groups (broad SMARTS) is 1. The van der Waals surface area contributed by atoms with E-state index in [9.17, 15) is 9.59 Å². The van der Waals surface area contributed by atoms with E-state index < -0.39 is 5.97 Å². The molecule has 3 aromatic heterocycles. The summed E-state index contributed by atoms with van der Waals surface area (Å²) in [6.45, 7) is 2.29. The van der Waals surface area contributed by atoms with Gasteiger partial charge in [0, 0.05) is 4.88 Å². The Kier molecular flexibility index (Phi) is 4.21. The molecule has 3 heterocycles. The van der Waals surface area contributed by atoms with Gasteiger partial charge in [0.2, 0.25) is 0 Å². The Morgan fingerprint density at radius 2 is 2.15 bits per heavy atom. The number of carbonyl (C=O) groups is 1. The first-order valence-corrected chi connectivity index (χ1v) is 8.92. The maximum atomic E-state index is 12.2. The van der Waals surface area contributed by atoms with Gasteiger partial charge in [0.25, 0.3) is 5.56 Å². The number of nitrogens with one attached hydrogen (secondary N) is 2. The van der Waals surface area contributed by atoms with Crippen LogP contribution >= 0.6 is 11.3 Å². The fourth-order valence-corrected chi connectivity index (χ4v) is 3.57. The first-order valence-electron chi connectivity index (χ1n) is 8.11. The highest BCUT2D eigenvalue weighted by Gasteiger charge is 2.15. The highest BCUT2D eigenvalue weighted by atomic mass is 32.1. The summed E-state index contributed by atoms with van der Waals surface area (Å²) in [7, 11) is 0. The van der Waals surface area contributed by atoms with Crippen LogP contribution in [0, 0.1) is 0 Å². The van der Waals surface area contributed by atoms with Gasteiger partial charge in [-0.05, 0) is 36.8 Å². The molecule has 0 aliphatic carbocycles. The Morgan fingerprint density at radius 1 is 1.30 bits per heavy atom. The number of H-pyrrole nitrogens is 2. The predicted octanol–water partition coefficient (Wildman–Crippen LogP) is 3.14. The molecule has 0 amide bonds. The van der Waals surface area contributed by atoms with E-state index in [4.69, 9.17) is 9.84 Å². The third kappa shape index (κ3) is 3.08. The van der Waals surface area contributed by atoms with Crippen molar-refractivity contribution < 1.29 is 14.6 Å². The van der Waals surface area contributed by atoms with E-state index in [-0.39, 0.29) is 16.0 Å². The van der Waals surface area contributed by atoms with Crippen molar-refractivity contribution in [2.24, 2.45) is 0 Å². The molecule has 0 atom stereocenters. The van der Waals surface area contributed by atoms with E-state index in [0.29, 0.717) is 29.4 Å². The Morgan fingerprint density at radius 3 is 2.89 bits per heavy atom. The third-order valence-corrected chi connectivity index (χ3v) is 5.05. The van der Waals surface area contributed by atoms with Crippen molar-refractivity contribution in [3.05, 3.63) is 51.9 Å². The zero-order valence-corrected chi connectivity index (χ0v) is 15.0. The van der Waals surface area contributed by atoms with Gasteiger partial charge in [-0.1, -0.05) is 6.07 Å². The lowest BCUT2D eigenvalue weighted by Crippen LogP contribution is -2.10. The van der Waals surface area contributed by atoms with E-state index in [1.165, 1.54) is 17.7 Å². The average Bonchev–Trinajstić information content (AvgIpc) is 3.31. The molecular weight excluding hydrogens is 368 g/mol. The number of benzene rings is 1. The van der Waals surface area contributed by atoms with Crippen LogP contribution in [0.15, 0.2) is 41.5 Å². The van der Waals surface area contributed by atoms with E-state index in [2.05, 4.69) is 19.9 Å². The van der Waals surface area contributed by atoms with E-state index in [1.54, 1.807) is 18.2 Å². The number of fused-ring (bicyclic) bond motifs is 1. The van der Waals surface area contributed by atoms with Crippen molar-refractivity contribution in [1.82, 2.24) is 19.9 Å². The Bertz CT molecular complexity index is 1210. The molecule has 0 saturated heterocycles. The van der Waals surface area contributed by atoms with Crippen LogP contribution in [-0.2, 0) is 0 Å². The molecular formula is C18H14N4O4S. The van der Waals surface area contributed by atoms with Gasteiger partial charge in [0.1, 0.15) is 16.5 Å². The van der Waals surface area contributed by atoms with Gasteiger partial charge in [-0.15, -0.1) is 11.3 Å². The Hall–Kier alpha value is -3.46. The highest BCUT2D eigenvalue weighted by Crippen LogP contribution is 2.35. The number of hydrogen-bond acceptors (Lipinski definition) is 6. The number of aromatic amines is 2. The lowest BCUT2D eigenvalue weighted by atomic mass is 10.1. The predicted molar refractivity (Wildman–Crippen MR) is 101 cm³/mol. The van der Waals surface area contributed by atoms with Crippen LogP contribution in [0.1, 0.15) is 16.6 Å². The van der Waals surface area contributed by atoms with Gasteiger partial charge in [-0.25, -0.2) is 14.8 Å². The molecule has 0 unspecified atom stereocenters. The summed E-state index contributed by atoms with van der Waals surface area (Å²) in [6.07, 6.45) is 1.42. The van der Waals surface area contributed by atoms with Gasteiger partial charge in [-0.2, -0.15) is 0 Å². The van der Waals surface area contributed by atoms with Crippen molar-refractivity contribution in [1.29, 1.82) is 0 Å². The number of ether oxygens (including phenoxy) is 1. The van der Waals surface area contributed by atoms with Gasteiger partial charge in [0.15, 0.2) is 11.2 Å². The monoisotopic (exact) mass is 382 g/mol. The van der Waals surface area contributed by atoms with Gasteiger partial charge in [-0.3, -0.25) is 4.79 Å². The summed E-state index contributed by atoms with van der Waals surface area (Å²) in [5.74, 6) is -0.0472. The summed E-state index contributed by atoms with van der Waals surface area (Å²) in [5.41, 5.74) is 1.75. The van der Waals surface area contributed by atoms with Crippen molar-refractivity contribution in [3.63, 3.8) is 0 Å². The maximum Gasteiger partial charge on any atom is 0.345 e. The minimum Gasteiger partial charge on any atom is -0.493 e. The molecule has 0 aliphatic rings. The zero-order valence-electron chi connectivity index (χ0n) is 14.1. The smallest absolute Gasteiger partial charge is 0.345 e. The van der Waals surface area contributed by atoms with Crippen LogP contribution in [-0.4, -0.2) is 37.6 Å². The third-order valence-electron chi connectivity index (χ3n) is 3.93. The highest BCUT2D eigenvalue weighted by molar-refractivity contribution is 7.17. The molecule has 0 fully saturated rings. The normalized spacial score (nSPS) is 11.0. The zero-order chi connectivity index (χ0) is 19.0. The van der Waals surface area contributed by atoms with E-state index in [1.807, 2.05) is 19.1 Å². The van der Waals surface area contributed by atoms with Crippen molar-refractivity contribution in [3.8, 4) is 27.6 Å². The molecule has 136 valence electrons. The SMILES string of the molecule is CCOc1cc(-c2ccc(C(=O)O)s2)ccc1-c1nc2[nH]cnc2c(=O)[nH]1. The number of imidazole rings is 1. The molecule has 0 bridgehead atoms. The number of rotatable bonds is 5. The van der Waals surface area contributed by atoms with Gasteiger partial charge in [0.05, 0.1) is 18.5 Å². The minimum atomic E-state index is -0.956. The molecule has 1 aromatic carbocycles. The summed E-state index contributed by atoms with van der Waals surface area (Å²) in [5, 5.41) is 9.11. The number of aromatic nitrogens is 4. The number of nitrogens with zero attached hydrogens (tertiary/aromatic N) is 2. The Balaban J connectivity index is 1.82. The number of hydrogen-bond donors (Lipinski definition) is 3. The number of thiophene rings is 1. The lowest BCUT2D eigenvalue weighted by Gasteiger charge is -2.11. The summed E-state index contributed by atoms with van der Waals surface area (Å²) in [4.78, 5) is 38.3. The second kappa shape index (κ2) is 6.69. The number of aromatic carboxylic acids is 1. The molecule has 0 saturated carbocycles. The molecule has 3 N–H and O–H groups in total.